The van der Waals surface area contributed by atoms with Crippen molar-refractivity contribution in [3.63, 3.8) is 0 Å². The van der Waals surface area contributed by atoms with E-state index in [1.807, 2.05) is 20.4 Å². The molecule has 0 fully saturated rings. The Morgan fingerprint density at radius 2 is 1.69 bits per heavy atom. The average molecular weight is 210 g/mol. The van der Waals surface area contributed by atoms with Gasteiger partial charge in [0, 0.05) is 13.2 Å². The highest BCUT2D eigenvalue weighted by molar-refractivity contribution is 6.66. The van der Waals surface area contributed by atoms with Gasteiger partial charge in [-0.15, -0.1) is 0 Å². The zero-order chi connectivity index (χ0) is 10.2. The number of rotatable bonds is 8. The van der Waals surface area contributed by atoms with Crippen LogP contribution in [0.15, 0.2) is 0 Å². The van der Waals surface area contributed by atoms with E-state index in [1.165, 1.54) is 0 Å². The fraction of sp³-hybridized carbons (Fsp3) is 1.00. The van der Waals surface area contributed by atoms with Crippen LogP contribution in [0.4, 0.5) is 4.53 Å². The molecule has 0 saturated heterocycles. The molecule has 0 N–H and O–H groups in total. The van der Waals surface area contributed by atoms with Gasteiger partial charge in [-0.05, 0) is 37.4 Å². The van der Waals surface area contributed by atoms with Crippen LogP contribution in [-0.4, -0.2) is 28.4 Å². The average Bonchev–Trinajstić information content (AvgIpc) is 2.05. The molecule has 0 bridgehead atoms. The lowest BCUT2D eigenvalue weighted by molar-refractivity contribution is -0.131. The topological polar surface area (TPSA) is 27.7 Å². The Balaban J connectivity index is 3.76. The van der Waals surface area contributed by atoms with Crippen LogP contribution in [0.3, 0.4) is 0 Å². The summed E-state index contributed by atoms with van der Waals surface area (Å²) in [6.45, 7) is 7.31. The van der Waals surface area contributed by atoms with Crippen LogP contribution in [-0.2, 0) is 13.8 Å². The van der Waals surface area contributed by atoms with Crippen LogP contribution < -0.4 is 0 Å². The molecule has 13 heavy (non-hydrogen) atoms. The fourth-order valence-corrected chi connectivity index (χ4v) is 3.62. The molecule has 0 aromatic carbocycles. The van der Waals surface area contributed by atoms with Gasteiger partial charge < -0.3 is 8.85 Å². The zero-order valence-corrected chi connectivity index (χ0v) is 9.64. The van der Waals surface area contributed by atoms with Crippen LogP contribution >= 0.6 is 0 Å². The van der Waals surface area contributed by atoms with E-state index >= 15 is 0 Å². The van der Waals surface area contributed by atoms with Crippen molar-refractivity contribution in [2.75, 3.05) is 19.8 Å². The predicted octanol–water partition coefficient (Wildman–Crippen LogP) is 2.42. The molecule has 0 aromatic rings. The molecule has 0 aromatic heterocycles. The minimum Gasteiger partial charge on any atom is -0.395 e. The molecule has 0 rings (SSSR count). The van der Waals surface area contributed by atoms with Crippen molar-refractivity contribution in [2.45, 2.75) is 32.9 Å². The van der Waals surface area contributed by atoms with Gasteiger partial charge in [0.15, 0.2) is 0 Å². The lowest BCUT2D eigenvalue weighted by Gasteiger charge is -2.25. The van der Waals surface area contributed by atoms with Gasteiger partial charge in [-0.1, -0.05) is 0 Å². The van der Waals surface area contributed by atoms with Crippen molar-refractivity contribution in [3.05, 3.63) is 0 Å². The third-order valence-electron chi connectivity index (χ3n) is 1.75. The standard InChI is InChI=1S/C8H19FO3Si/c1-4-11-13(3,12-5-2)8-6-7-10-9/h4-8H2,1-3H3. The van der Waals surface area contributed by atoms with Gasteiger partial charge in [0.25, 0.3) is 0 Å². The van der Waals surface area contributed by atoms with Crippen molar-refractivity contribution in [2.24, 2.45) is 0 Å². The summed E-state index contributed by atoms with van der Waals surface area (Å²) >= 11 is 0. The Hall–Kier alpha value is 0.0269. The predicted molar refractivity (Wildman–Crippen MR) is 51.4 cm³/mol. The Labute approximate surface area is 80.3 Å². The Morgan fingerprint density at radius 3 is 2.08 bits per heavy atom. The third-order valence-corrected chi connectivity index (χ3v) is 4.81. The number of halogens is 1. The van der Waals surface area contributed by atoms with Crippen molar-refractivity contribution in [3.8, 4) is 0 Å². The summed E-state index contributed by atoms with van der Waals surface area (Å²) in [7, 11) is -2.03. The third kappa shape index (κ3) is 6.15. The molecule has 3 nitrogen and oxygen atoms in total. The highest BCUT2D eigenvalue weighted by atomic mass is 28.4. The highest BCUT2D eigenvalue weighted by Crippen LogP contribution is 2.15. The van der Waals surface area contributed by atoms with Crippen LogP contribution in [0, 0.1) is 0 Å². The second kappa shape index (κ2) is 7.43. The van der Waals surface area contributed by atoms with Crippen molar-refractivity contribution < 1.29 is 18.3 Å². The Bertz CT molecular complexity index is 118. The van der Waals surface area contributed by atoms with E-state index in [1.54, 1.807) is 0 Å². The SMILES string of the molecule is CCO[Si](C)(CCCOF)OCC. The Morgan fingerprint density at radius 1 is 1.15 bits per heavy atom. The maximum Gasteiger partial charge on any atom is 0.334 e. The van der Waals surface area contributed by atoms with Crippen LogP contribution in [0.1, 0.15) is 20.3 Å². The van der Waals surface area contributed by atoms with Crippen LogP contribution in [0.25, 0.3) is 0 Å². The lowest BCUT2D eigenvalue weighted by atomic mass is 10.5. The van der Waals surface area contributed by atoms with Crippen molar-refractivity contribution >= 4 is 8.56 Å². The summed E-state index contributed by atoms with van der Waals surface area (Å²) in [5.41, 5.74) is 0. The minimum absolute atomic E-state index is 0.128. The van der Waals surface area contributed by atoms with Gasteiger partial charge >= 0.3 is 8.56 Å². The molecule has 0 radical (unpaired) electrons. The van der Waals surface area contributed by atoms with Gasteiger partial charge in [-0.2, -0.15) is 4.94 Å². The molecule has 0 spiro atoms. The molecule has 0 unspecified atom stereocenters. The van der Waals surface area contributed by atoms with E-state index < -0.39 is 8.56 Å². The van der Waals surface area contributed by atoms with Crippen LogP contribution in [0.5, 0.6) is 0 Å². The van der Waals surface area contributed by atoms with Gasteiger partial charge in [0.2, 0.25) is 0 Å². The van der Waals surface area contributed by atoms with Crippen molar-refractivity contribution in [1.29, 1.82) is 0 Å². The highest BCUT2D eigenvalue weighted by Gasteiger charge is 2.29. The van der Waals surface area contributed by atoms with E-state index in [-0.39, 0.29) is 6.61 Å². The molecule has 0 atom stereocenters. The van der Waals surface area contributed by atoms with E-state index in [9.17, 15) is 4.53 Å². The Kier molecular flexibility index (Phi) is 7.45. The summed E-state index contributed by atoms with van der Waals surface area (Å²) in [5.74, 6) is 0. The fourth-order valence-electron chi connectivity index (χ4n) is 1.24. The van der Waals surface area contributed by atoms with Crippen LogP contribution in [0.2, 0.25) is 12.6 Å². The summed E-state index contributed by atoms with van der Waals surface area (Å²) in [6, 6.07) is 0.776. The van der Waals surface area contributed by atoms with Gasteiger partial charge in [-0.3, -0.25) is 0 Å². The first-order valence-electron chi connectivity index (χ1n) is 4.70. The van der Waals surface area contributed by atoms with E-state index in [0.29, 0.717) is 19.6 Å². The molecule has 0 aliphatic rings. The molecule has 0 aliphatic heterocycles. The molecule has 0 aliphatic carbocycles. The molecule has 5 heteroatoms. The smallest absolute Gasteiger partial charge is 0.334 e. The molecular formula is C8H19FO3Si. The maximum absolute atomic E-state index is 11.4. The van der Waals surface area contributed by atoms with Gasteiger partial charge in [0.1, 0.15) is 0 Å². The molecule has 80 valence electrons. The molecule has 0 heterocycles. The second-order valence-electron chi connectivity index (χ2n) is 2.92. The minimum atomic E-state index is -2.03. The van der Waals surface area contributed by atoms with Gasteiger partial charge in [0.05, 0.1) is 6.61 Å². The molecular weight excluding hydrogens is 191 g/mol. The van der Waals surface area contributed by atoms with E-state index in [4.69, 9.17) is 8.85 Å². The summed E-state index contributed by atoms with van der Waals surface area (Å²) in [6.07, 6.45) is 0.652. The maximum atomic E-state index is 11.4. The normalized spacial score (nSPS) is 12.0. The van der Waals surface area contributed by atoms with E-state index in [0.717, 1.165) is 6.04 Å². The second-order valence-corrected chi connectivity index (χ2v) is 6.26. The molecule has 0 saturated carbocycles. The first-order valence-corrected chi connectivity index (χ1v) is 7.22. The lowest BCUT2D eigenvalue weighted by Crippen LogP contribution is -2.38. The summed E-state index contributed by atoms with van der Waals surface area (Å²) < 4.78 is 22.5. The van der Waals surface area contributed by atoms with Crippen molar-refractivity contribution in [1.82, 2.24) is 0 Å². The quantitative estimate of drug-likeness (QED) is 0.455. The summed E-state index contributed by atoms with van der Waals surface area (Å²) in [5, 5.41) is 0. The van der Waals surface area contributed by atoms with Gasteiger partial charge in [-0.25, -0.2) is 0 Å². The summed E-state index contributed by atoms with van der Waals surface area (Å²) in [4.78, 5) is 3.50. The molecule has 0 amide bonds. The number of hydrogen-bond donors (Lipinski definition) is 0. The first-order chi connectivity index (χ1) is 6.18. The first kappa shape index (κ1) is 13.0. The number of hydrogen-bond acceptors (Lipinski definition) is 3. The van der Waals surface area contributed by atoms with E-state index in [2.05, 4.69) is 4.94 Å². The zero-order valence-electron chi connectivity index (χ0n) is 8.64. The monoisotopic (exact) mass is 210 g/mol. The largest absolute Gasteiger partial charge is 0.395 e.